The van der Waals surface area contributed by atoms with Crippen LogP contribution in [0.3, 0.4) is 0 Å². The van der Waals surface area contributed by atoms with Gasteiger partial charge in [-0.1, -0.05) is 11.6 Å². The van der Waals surface area contributed by atoms with Gasteiger partial charge in [0.1, 0.15) is 0 Å². The molecule has 7 heteroatoms. The minimum Gasteiger partial charge on any atom is -0.481 e. The molecule has 1 aliphatic heterocycles. The quantitative estimate of drug-likeness (QED) is 0.838. The van der Waals surface area contributed by atoms with E-state index in [0.29, 0.717) is 23.0 Å². The third kappa shape index (κ3) is 4.46. The van der Waals surface area contributed by atoms with Crippen LogP contribution in [-0.2, 0) is 6.54 Å². The second kappa shape index (κ2) is 8.27. The number of ether oxygens (including phenoxy) is 1. The second-order valence-corrected chi connectivity index (χ2v) is 6.38. The van der Waals surface area contributed by atoms with Crippen LogP contribution in [0.1, 0.15) is 22.3 Å². The van der Waals surface area contributed by atoms with Crippen molar-refractivity contribution in [2.45, 2.75) is 13.0 Å². The van der Waals surface area contributed by atoms with Crippen LogP contribution < -0.4 is 4.74 Å². The number of methoxy groups -OCH3 is 1. The molecule has 0 bridgehead atoms. The van der Waals surface area contributed by atoms with Gasteiger partial charge in [-0.3, -0.25) is 14.7 Å². The van der Waals surface area contributed by atoms with Gasteiger partial charge in [0.15, 0.2) is 0 Å². The zero-order chi connectivity index (χ0) is 17.6. The summed E-state index contributed by atoms with van der Waals surface area (Å²) >= 11 is 6.20. The highest BCUT2D eigenvalue weighted by atomic mass is 35.5. The van der Waals surface area contributed by atoms with Crippen LogP contribution in [0.4, 0.5) is 0 Å². The number of carbonyl (C=O) groups excluding carboxylic acids is 1. The molecule has 0 aromatic carbocycles. The highest BCUT2D eigenvalue weighted by Gasteiger charge is 2.21. The third-order valence-electron chi connectivity index (χ3n) is 4.32. The molecule has 3 rings (SSSR count). The van der Waals surface area contributed by atoms with Gasteiger partial charge in [-0.2, -0.15) is 0 Å². The predicted molar refractivity (Wildman–Crippen MR) is 95.8 cm³/mol. The first-order valence-corrected chi connectivity index (χ1v) is 8.65. The summed E-state index contributed by atoms with van der Waals surface area (Å²) in [4.78, 5) is 25.0. The lowest BCUT2D eigenvalue weighted by Gasteiger charge is -2.22. The fraction of sp³-hybridized carbons (Fsp3) is 0.389. The van der Waals surface area contributed by atoms with Gasteiger partial charge in [0.25, 0.3) is 5.91 Å². The van der Waals surface area contributed by atoms with E-state index in [1.807, 2.05) is 11.0 Å². The molecule has 2 aromatic rings. The summed E-state index contributed by atoms with van der Waals surface area (Å²) in [6, 6.07) is 5.35. The van der Waals surface area contributed by atoms with E-state index in [-0.39, 0.29) is 5.91 Å². The predicted octanol–water partition coefficient (Wildman–Crippen LogP) is 2.49. The molecule has 0 saturated carbocycles. The molecule has 0 aliphatic carbocycles. The molecule has 0 radical (unpaired) electrons. The Morgan fingerprint density at radius 2 is 2.12 bits per heavy atom. The Morgan fingerprint density at radius 1 is 1.24 bits per heavy atom. The number of carbonyl (C=O) groups is 1. The standard InChI is InChI=1S/C18H21ClN4O2/c1-25-17-11-14(4-6-21-17)18(24)23-8-2-7-22(9-10-23)13-15-3-5-20-12-16(15)19/h3-6,11-12H,2,7-10,13H2,1H3. The van der Waals surface area contributed by atoms with Crippen LogP contribution in [0.2, 0.25) is 5.02 Å². The number of nitrogens with zero attached hydrogens (tertiary/aromatic N) is 4. The number of amides is 1. The minimum atomic E-state index is 0.0180. The average Bonchev–Trinajstić information content (AvgIpc) is 2.89. The van der Waals surface area contributed by atoms with Gasteiger partial charge in [-0.15, -0.1) is 0 Å². The topological polar surface area (TPSA) is 58.6 Å². The maximum atomic E-state index is 12.7. The fourth-order valence-corrected chi connectivity index (χ4v) is 3.12. The van der Waals surface area contributed by atoms with E-state index in [1.165, 1.54) is 0 Å². The van der Waals surface area contributed by atoms with Crippen LogP contribution in [-0.4, -0.2) is 59.0 Å². The van der Waals surface area contributed by atoms with Crippen molar-refractivity contribution in [2.24, 2.45) is 0 Å². The molecule has 3 heterocycles. The average molecular weight is 361 g/mol. The first-order valence-electron chi connectivity index (χ1n) is 8.27. The van der Waals surface area contributed by atoms with Gasteiger partial charge < -0.3 is 9.64 Å². The monoisotopic (exact) mass is 360 g/mol. The second-order valence-electron chi connectivity index (χ2n) is 5.98. The zero-order valence-corrected chi connectivity index (χ0v) is 14.9. The molecular weight excluding hydrogens is 340 g/mol. The number of rotatable bonds is 4. The summed E-state index contributed by atoms with van der Waals surface area (Å²) in [6.45, 7) is 3.94. The maximum Gasteiger partial charge on any atom is 0.254 e. The molecule has 0 atom stereocenters. The zero-order valence-electron chi connectivity index (χ0n) is 14.2. The summed E-state index contributed by atoms with van der Waals surface area (Å²) in [5.74, 6) is 0.471. The highest BCUT2D eigenvalue weighted by molar-refractivity contribution is 6.31. The van der Waals surface area contributed by atoms with Crippen LogP contribution >= 0.6 is 11.6 Å². The van der Waals surface area contributed by atoms with Crippen molar-refractivity contribution >= 4 is 17.5 Å². The van der Waals surface area contributed by atoms with Crippen LogP contribution in [0.15, 0.2) is 36.8 Å². The van der Waals surface area contributed by atoms with Gasteiger partial charge in [0, 0.05) is 62.9 Å². The van der Waals surface area contributed by atoms with Gasteiger partial charge in [0.05, 0.1) is 12.1 Å². The Morgan fingerprint density at radius 3 is 2.92 bits per heavy atom. The highest BCUT2D eigenvalue weighted by Crippen LogP contribution is 2.18. The Bertz CT molecular complexity index is 741. The number of pyridine rings is 2. The number of halogens is 1. The van der Waals surface area contributed by atoms with E-state index in [0.717, 1.165) is 38.2 Å². The first kappa shape index (κ1) is 17.6. The van der Waals surface area contributed by atoms with Crippen LogP contribution in [0, 0.1) is 0 Å². The van der Waals surface area contributed by atoms with E-state index in [9.17, 15) is 4.79 Å². The van der Waals surface area contributed by atoms with E-state index in [4.69, 9.17) is 16.3 Å². The van der Waals surface area contributed by atoms with Gasteiger partial charge in [0.2, 0.25) is 5.88 Å². The molecule has 0 unspecified atom stereocenters. The van der Waals surface area contributed by atoms with Crippen molar-refractivity contribution in [1.82, 2.24) is 19.8 Å². The van der Waals surface area contributed by atoms with E-state index < -0.39 is 0 Å². The molecule has 132 valence electrons. The normalized spacial score (nSPS) is 15.7. The molecule has 1 amide bonds. The number of hydrogen-bond acceptors (Lipinski definition) is 5. The molecule has 6 nitrogen and oxygen atoms in total. The third-order valence-corrected chi connectivity index (χ3v) is 4.66. The molecular formula is C18H21ClN4O2. The lowest BCUT2D eigenvalue weighted by atomic mass is 10.2. The molecule has 1 aliphatic rings. The van der Waals surface area contributed by atoms with Crippen molar-refractivity contribution in [3.8, 4) is 5.88 Å². The smallest absolute Gasteiger partial charge is 0.254 e. The number of aromatic nitrogens is 2. The summed E-state index contributed by atoms with van der Waals surface area (Å²) < 4.78 is 5.10. The van der Waals surface area contributed by atoms with Crippen LogP contribution in [0.5, 0.6) is 5.88 Å². The molecule has 0 spiro atoms. The molecule has 25 heavy (non-hydrogen) atoms. The van der Waals surface area contributed by atoms with Crippen LogP contribution in [0.25, 0.3) is 0 Å². The molecule has 1 saturated heterocycles. The van der Waals surface area contributed by atoms with Gasteiger partial charge in [-0.05, 0) is 24.1 Å². The van der Waals surface area contributed by atoms with Crippen molar-refractivity contribution in [3.63, 3.8) is 0 Å². The molecule has 1 fully saturated rings. The lowest BCUT2D eigenvalue weighted by Crippen LogP contribution is -2.35. The maximum absolute atomic E-state index is 12.7. The van der Waals surface area contributed by atoms with Crippen molar-refractivity contribution < 1.29 is 9.53 Å². The van der Waals surface area contributed by atoms with E-state index >= 15 is 0 Å². The van der Waals surface area contributed by atoms with E-state index in [2.05, 4.69) is 14.9 Å². The summed E-state index contributed by atoms with van der Waals surface area (Å²) in [5, 5.41) is 0.684. The summed E-state index contributed by atoms with van der Waals surface area (Å²) in [6.07, 6.45) is 5.95. The van der Waals surface area contributed by atoms with Gasteiger partial charge in [-0.25, -0.2) is 4.98 Å². The number of hydrogen-bond donors (Lipinski definition) is 0. The Labute approximate surface area is 152 Å². The summed E-state index contributed by atoms with van der Waals surface area (Å²) in [7, 11) is 1.55. The van der Waals surface area contributed by atoms with Crippen molar-refractivity contribution in [1.29, 1.82) is 0 Å². The van der Waals surface area contributed by atoms with Crippen molar-refractivity contribution in [2.75, 3.05) is 33.3 Å². The Kier molecular flexibility index (Phi) is 5.83. The first-order chi connectivity index (χ1) is 12.2. The minimum absolute atomic E-state index is 0.0180. The fourth-order valence-electron chi connectivity index (χ4n) is 2.94. The molecule has 2 aromatic heterocycles. The Balaban J connectivity index is 1.63. The largest absolute Gasteiger partial charge is 0.481 e. The van der Waals surface area contributed by atoms with Crippen molar-refractivity contribution in [3.05, 3.63) is 52.9 Å². The lowest BCUT2D eigenvalue weighted by molar-refractivity contribution is 0.0760. The Hall–Kier alpha value is -2.18. The van der Waals surface area contributed by atoms with E-state index in [1.54, 1.807) is 37.8 Å². The van der Waals surface area contributed by atoms with Gasteiger partial charge >= 0.3 is 0 Å². The SMILES string of the molecule is COc1cc(C(=O)N2CCCN(Cc3ccncc3Cl)CC2)ccn1. The molecule has 0 N–H and O–H groups in total. The summed E-state index contributed by atoms with van der Waals surface area (Å²) in [5.41, 5.74) is 1.67.